The number of rotatable bonds is 4. The van der Waals surface area contributed by atoms with E-state index < -0.39 is 16.1 Å². The summed E-state index contributed by atoms with van der Waals surface area (Å²) in [5, 5.41) is 0. The molecule has 13 heavy (non-hydrogen) atoms. The highest BCUT2D eigenvalue weighted by molar-refractivity contribution is 6.81. The largest absolute Gasteiger partial charge is 0.0986 e. The van der Waals surface area contributed by atoms with E-state index in [1.54, 1.807) is 0 Å². The van der Waals surface area contributed by atoms with Crippen LogP contribution < -0.4 is 0 Å². The maximum Gasteiger partial charge on any atom is 0.0683 e. The monoisotopic (exact) mass is 212 g/mol. The molecule has 0 fully saturated rings. The number of hydrogen-bond acceptors (Lipinski definition) is 0. The molecule has 0 saturated heterocycles. The molecule has 0 bridgehead atoms. The van der Waals surface area contributed by atoms with Crippen molar-refractivity contribution in [1.82, 2.24) is 0 Å². The van der Waals surface area contributed by atoms with E-state index in [1.807, 2.05) is 0 Å². The molecular weight excluding hydrogens is 188 g/mol. The van der Waals surface area contributed by atoms with Crippen molar-refractivity contribution in [2.75, 3.05) is 0 Å². The zero-order valence-electron chi connectivity index (χ0n) is 10.0. The fraction of sp³-hybridized carbons (Fsp3) is 0.636. The van der Waals surface area contributed by atoms with Crippen molar-refractivity contribution >= 4 is 16.1 Å². The first kappa shape index (κ1) is 12.9. The van der Waals surface area contributed by atoms with Crippen molar-refractivity contribution in [2.45, 2.75) is 45.7 Å². The molecule has 0 N–H and O–H groups in total. The van der Waals surface area contributed by atoms with Gasteiger partial charge in [-0.25, -0.2) is 0 Å². The summed E-state index contributed by atoms with van der Waals surface area (Å²) in [4.78, 5) is 0. The minimum absolute atomic E-state index is 0.956. The molecule has 0 aromatic heterocycles. The van der Waals surface area contributed by atoms with Crippen molar-refractivity contribution in [3.8, 4) is 0 Å². The van der Waals surface area contributed by atoms with Crippen molar-refractivity contribution in [3.05, 3.63) is 23.6 Å². The average molecular weight is 212 g/mol. The predicted octanol–water partition coefficient (Wildman–Crippen LogP) is 4.24. The zero-order chi connectivity index (χ0) is 10.5. The lowest BCUT2D eigenvalue weighted by molar-refractivity contribution is 1.40. The molecule has 0 aromatic carbocycles. The van der Waals surface area contributed by atoms with Crippen LogP contribution in [0.1, 0.15) is 6.42 Å². The Balaban J connectivity index is 3.81. The van der Waals surface area contributed by atoms with Gasteiger partial charge in [-0.3, -0.25) is 0 Å². The molecule has 0 spiro atoms. The van der Waals surface area contributed by atoms with E-state index in [0.29, 0.717) is 0 Å². The van der Waals surface area contributed by atoms with Crippen LogP contribution in [0.4, 0.5) is 0 Å². The van der Waals surface area contributed by atoms with Crippen LogP contribution in [-0.2, 0) is 0 Å². The molecule has 0 nitrogen and oxygen atoms in total. The van der Waals surface area contributed by atoms with Gasteiger partial charge in [0.1, 0.15) is 0 Å². The van der Waals surface area contributed by atoms with Crippen LogP contribution in [-0.4, -0.2) is 16.1 Å². The second-order valence-corrected chi connectivity index (χ2v) is 15.9. The first-order valence-electron chi connectivity index (χ1n) is 5.06. The fourth-order valence-corrected chi connectivity index (χ4v) is 2.61. The molecule has 0 aliphatic heterocycles. The van der Waals surface area contributed by atoms with Crippen LogP contribution in [0.15, 0.2) is 23.6 Å². The Bertz CT molecular complexity index is 167. The third-order valence-corrected chi connectivity index (χ3v) is 3.98. The van der Waals surface area contributed by atoms with Gasteiger partial charge in [-0.2, -0.15) is 0 Å². The second-order valence-electron chi connectivity index (χ2n) is 5.77. The SMILES string of the molecule is C[Si](C)(C)/C=C/C/C=C/[Si](C)(C)C. The van der Waals surface area contributed by atoms with Crippen LogP contribution in [0.5, 0.6) is 0 Å². The molecule has 0 atom stereocenters. The van der Waals surface area contributed by atoms with Crippen LogP contribution in [0.25, 0.3) is 0 Å². The van der Waals surface area contributed by atoms with E-state index in [0.717, 1.165) is 6.42 Å². The molecule has 0 radical (unpaired) electrons. The molecule has 0 aliphatic rings. The molecule has 2 heteroatoms. The smallest absolute Gasteiger partial charge is 0.0683 e. The van der Waals surface area contributed by atoms with Crippen LogP contribution in [0.2, 0.25) is 39.3 Å². The van der Waals surface area contributed by atoms with Crippen LogP contribution >= 0.6 is 0 Å². The van der Waals surface area contributed by atoms with Gasteiger partial charge in [0.15, 0.2) is 0 Å². The summed E-state index contributed by atoms with van der Waals surface area (Å²) in [7, 11) is -1.91. The van der Waals surface area contributed by atoms with E-state index in [-0.39, 0.29) is 0 Å². The van der Waals surface area contributed by atoms with E-state index in [1.165, 1.54) is 0 Å². The van der Waals surface area contributed by atoms with Gasteiger partial charge in [0.05, 0.1) is 16.1 Å². The molecule has 0 heterocycles. The molecule has 0 amide bonds. The molecule has 0 rings (SSSR count). The van der Waals surface area contributed by atoms with Gasteiger partial charge in [-0.05, 0) is 6.42 Å². The number of allylic oxidation sites excluding steroid dienone is 2. The third-order valence-electron chi connectivity index (χ3n) is 1.51. The zero-order valence-corrected chi connectivity index (χ0v) is 12.0. The quantitative estimate of drug-likeness (QED) is 0.611. The highest BCUT2D eigenvalue weighted by atomic mass is 28.3. The first-order chi connectivity index (χ1) is 5.71. The molecular formula is C11H24Si2. The normalized spacial score (nSPS) is 14.6. The van der Waals surface area contributed by atoms with Crippen molar-refractivity contribution < 1.29 is 0 Å². The minimum Gasteiger partial charge on any atom is -0.0986 e. The molecule has 0 aromatic rings. The lowest BCUT2D eigenvalue weighted by Crippen LogP contribution is -2.15. The standard InChI is InChI=1S/C11H24Si2/c1-12(2,3)10-8-7-9-11-13(4,5)6/h8-11H,7H2,1-6H3/b10-8+,11-9+. The Labute approximate surface area is 85.8 Å². The van der Waals surface area contributed by atoms with E-state index in [4.69, 9.17) is 0 Å². The lowest BCUT2D eigenvalue weighted by Gasteiger charge is -2.08. The van der Waals surface area contributed by atoms with Crippen molar-refractivity contribution in [1.29, 1.82) is 0 Å². The van der Waals surface area contributed by atoms with Gasteiger partial charge in [-0.15, -0.1) is 0 Å². The van der Waals surface area contributed by atoms with E-state index in [2.05, 4.69) is 62.8 Å². The summed E-state index contributed by atoms with van der Waals surface area (Å²) in [5.41, 5.74) is 4.84. The molecule has 0 unspecified atom stereocenters. The molecule has 0 saturated carbocycles. The Morgan fingerprint density at radius 2 is 1.00 bits per heavy atom. The number of hydrogen-bond donors (Lipinski definition) is 0. The molecule has 76 valence electrons. The average Bonchev–Trinajstić information content (AvgIpc) is 1.81. The first-order valence-corrected chi connectivity index (χ1v) is 12.2. The minimum atomic E-state index is -0.956. The summed E-state index contributed by atoms with van der Waals surface area (Å²) >= 11 is 0. The summed E-state index contributed by atoms with van der Waals surface area (Å²) in [5.74, 6) is 0. The van der Waals surface area contributed by atoms with Gasteiger partial charge in [0.2, 0.25) is 0 Å². The maximum atomic E-state index is 2.42. The van der Waals surface area contributed by atoms with Crippen molar-refractivity contribution in [2.24, 2.45) is 0 Å². The maximum absolute atomic E-state index is 2.42. The van der Waals surface area contributed by atoms with Gasteiger partial charge < -0.3 is 0 Å². The highest BCUT2D eigenvalue weighted by Gasteiger charge is 2.07. The van der Waals surface area contributed by atoms with E-state index >= 15 is 0 Å². The second kappa shape index (κ2) is 4.96. The van der Waals surface area contributed by atoms with Gasteiger partial charge in [0, 0.05) is 0 Å². The van der Waals surface area contributed by atoms with Crippen molar-refractivity contribution in [3.63, 3.8) is 0 Å². The predicted molar refractivity (Wildman–Crippen MR) is 69.6 cm³/mol. The van der Waals surface area contributed by atoms with Crippen LogP contribution in [0, 0.1) is 0 Å². The van der Waals surface area contributed by atoms with Gasteiger partial charge >= 0.3 is 0 Å². The lowest BCUT2D eigenvalue weighted by atomic mass is 10.4. The van der Waals surface area contributed by atoms with Crippen LogP contribution in [0.3, 0.4) is 0 Å². The Morgan fingerprint density at radius 3 is 1.23 bits per heavy atom. The highest BCUT2D eigenvalue weighted by Crippen LogP contribution is 2.05. The topological polar surface area (TPSA) is 0 Å². The summed E-state index contributed by atoms with van der Waals surface area (Å²) < 4.78 is 0. The Kier molecular flexibility index (Phi) is 4.93. The molecule has 0 aliphatic carbocycles. The van der Waals surface area contributed by atoms with Gasteiger partial charge in [0.25, 0.3) is 0 Å². The Morgan fingerprint density at radius 1 is 0.692 bits per heavy atom. The van der Waals surface area contributed by atoms with Gasteiger partial charge in [-0.1, -0.05) is 62.8 Å². The summed E-state index contributed by atoms with van der Waals surface area (Å²) in [6.07, 6.45) is 5.76. The fourth-order valence-electron chi connectivity index (χ4n) is 0.922. The van der Waals surface area contributed by atoms with E-state index in [9.17, 15) is 0 Å². The summed E-state index contributed by atoms with van der Waals surface area (Å²) in [6, 6.07) is 0. The summed E-state index contributed by atoms with van der Waals surface area (Å²) in [6.45, 7) is 14.2. The third kappa shape index (κ3) is 11.9. The Hall–Kier alpha value is -0.0862.